The smallest absolute Gasteiger partial charge is 0.162 e. The molecule has 0 amide bonds. The fraction of sp³-hybridized carbons (Fsp3) is 0.667. The van der Waals surface area contributed by atoms with Gasteiger partial charge < -0.3 is 14.6 Å². The molecule has 0 saturated carbocycles. The number of rotatable bonds is 4. The molecule has 0 aromatic heterocycles. The molecule has 0 bridgehead atoms. The second-order valence-corrected chi connectivity index (χ2v) is 8.14. The van der Waals surface area contributed by atoms with Gasteiger partial charge in [0.25, 0.3) is 0 Å². The fourth-order valence-electron chi connectivity index (χ4n) is 4.06. The standard InChI is InChI=1S/C21H30O4/c1-13(2)6-5-7-14(3)10-15-12-21(4)19(24-15)11-16-17(22)8-9-18(23)20(16)25-21/h6,10,15,18-19,23H,5,7-9,11-12H2,1-4H3/b14-10+/t15-,18-,19+,21+/m0/s1. The Morgan fingerprint density at radius 2 is 2.12 bits per heavy atom. The normalized spacial score (nSPS) is 35.2. The number of aliphatic hydroxyl groups excluding tert-OH is 1. The van der Waals surface area contributed by atoms with Gasteiger partial charge in [0.1, 0.15) is 23.6 Å². The van der Waals surface area contributed by atoms with E-state index in [0.29, 0.717) is 30.6 Å². The summed E-state index contributed by atoms with van der Waals surface area (Å²) >= 11 is 0. The van der Waals surface area contributed by atoms with E-state index in [1.165, 1.54) is 11.1 Å². The number of hydrogen-bond donors (Lipinski definition) is 1. The van der Waals surface area contributed by atoms with E-state index in [1.807, 2.05) is 6.92 Å². The van der Waals surface area contributed by atoms with Crippen molar-refractivity contribution in [2.75, 3.05) is 0 Å². The summed E-state index contributed by atoms with van der Waals surface area (Å²) < 4.78 is 12.4. The number of ketones is 1. The van der Waals surface area contributed by atoms with Crippen LogP contribution in [0.2, 0.25) is 0 Å². The first-order valence-corrected chi connectivity index (χ1v) is 9.38. The van der Waals surface area contributed by atoms with Gasteiger partial charge in [-0.1, -0.05) is 23.3 Å². The summed E-state index contributed by atoms with van der Waals surface area (Å²) in [6.45, 7) is 8.42. The molecule has 1 saturated heterocycles. The van der Waals surface area contributed by atoms with Crippen LogP contribution in [0, 0.1) is 0 Å². The molecule has 138 valence electrons. The van der Waals surface area contributed by atoms with Crippen LogP contribution in [0.3, 0.4) is 0 Å². The molecule has 4 atom stereocenters. The second kappa shape index (κ2) is 7.08. The van der Waals surface area contributed by atoms with E-state index in [0.717, 1.165) is 19.3 Å². The molecule has 25 heavy (non-hydrogen) atoms. The van der Waals surface area contributed by atoms with E-state index >= 15 is 0 Å². The summed E-state index contributed by atoms with van der Waals surface area (Å²) in [6, 6.07) is 0. The van der Waals surface area contributed by atoms with Crippen molar-refractivity contribution in [2.45, 2.75) is 90.1 Å². The van der Waals surface area contributed by atoms with Crippen molar-refractivity contribution < 1.29 is 19.4 Å². The highest BCUT2D eigenvalue weighted by molar-refractivity contribution is 5.97. The van der Waals surface area contributed by atoms with E-state index < -0.39 is 11.7 Å². The van der Waals surface area contributed by atoms with Crippen LogP contribution in [-0.4, -0.2) is 34.8 Å². The number of ether oxygens (including phenoxy) is 2. The summed E-state index contributed by atoms with van der Waals surface area (Å²) in [7, 11) is 0. The average Bonchev–Trinajstić information content (AvgIpc) is 2.84. The van der Waals surface area contributed by atoms with Crippen LogP contribution in [0.1, 0.15) is 66.2 Å². The Bertz CT molecular complexity index is 638. The van der Waals surface area contributed by atoms with Gasteiger partial charge in [0.2, 0.25) is 0 Å². The Hall–Kier alpha value is -1.39. The number of Topliss-reactive ketones (excluding diaryl/α,β-unsaturated/α-hetero) is 1. The van der Waals surface area contributed by atoms with Gasteiger partial charge in [0, 0.05) is 24.8 Å². The van der Waals surface area contributed by atoms with Gasteiger partial charge in [0.05, 0.1) is 6.10 Å². The van der Waals surface area contributed by atoms with Crippen LogP contribution in [-0.2, 0) is 14.3 Å². The van der Waals surface area contributed by atoms with Crippen LogP contribution in [0.5, 0.6) is 0 Å². The number of carbonyl (C=O) groups excluding carboxylic acids is 1. The van der Waals surface area contributed by atoms with Crippen molar-refractivity contribution in [3.63, 3.8) is 0 Å². The average molecular weight is 346 g/mol. The first kappa shape index (κ1) is 18.4. The van der Waals surface area contributed by atoms with Gasteiger partial charge in [-0.3, -0.25) is 4.79 Å². The predicted molar refractivity (Wildman–Crippen MR) is 97.1 cm³/mol. The number of allylic oxidation sites excluding steroid dienone is 3. The van der Waals surface area contributed by atoms with Gasteiger partial charge in [-0.05, 0) is 47.0 Å². The van der Waals surface area contributed by atoms with Crippen molar-refractivity contribution in [1.82, 2.24) is 0 Å². The first-order chi connectivity index (χ1) is 11.8. The Kier molecular flexibility index (Phi) is 5.21. The number of aliphatic hydroxyl groups is 1. The molecule has 4 nitrogen and oxygen atoms in total. The largest absolute Gasteiger partial charge is 0.486 e. The quantitative estimate of drug-likeness (QED) is 0.782. The Morgan fingerprint density at radius 3 is 2.84 bits per heavy atom. The van der Waals surface area contributed by atoms with Crippen molar-refractivity contribution in [3.8, 4) is 0 Å². The van der Waals surface area contributed by atoms with E-state index in [1.54, 1.807) is 0 Å². The topological polar surface area (TPSA) is 55.8 Å². The molecule has 0 radical (unpaired) electrons. The lowest BCUT2D eigenvalue weighted by atomic mass is 9.82. The highest BCUT2D eigenvalue weighted by Crippen LogP contribution is 2.46. The molecule has 1 aliphatic carbocycles. The maximum absolute atomic E-state index is 12.2. The zero-order valence-electron chi connectivity index (χ0n) is 15.8. The van der Waals surface area contributed by atoms with Crippen LogP contribution in [0.15, 0.2) is 34.6 Å². The monoisotopic (exact) mass is 346 g/mol. The van der Waals surface area contributed by atoms with Crippen LogP contribution in [0.4, 0.5) is 0 Å². The third-order valence-corrected chi connectivity index (χ3v) is 5.50. The maximum Gasteiger partial charge on any atom is 0.162 e. The fourth-order valence-corrected chi connectivity index (χ4v) is 4.06. The zero-order chi connectivity index (χ0) is 18.2. The summed E-state index contributed by atoms with van der Waals surface area (Å²) in [4.78, 5) is 12.2. The zero-order valence-corrected chi connectivity index (χ0v) is 15.8. The van der Waals surface area contributed by atoms with E-state index in [2.05, 4.69) is 32.9 Å². The molecule has 1 fully saturated rings. The minimum Gasteiger partial charge on any atom is -0.486 e. The molecular weight excluding hydrogens is 316 g/mol. The molecule has 0 spiro atoms. The third-order valence-electron chi connectivity index (χ3n) is 5.50. The second-order valence-electron chi connectivity index (χ2n) is 8.14. The summed E-state index contributed by atoms with van der Waals surface area (Å²) in [5.74, 6) is 0.603. The molecule has 3 rings (SSSR count). The molecule has 2 aliphatic heterocycles. The molecular formula is C21H30O4. The highest BCUT2D eigenvalue weighted by Gasteiger charge is 2.52. The molecule has 4 heteroatoms. The summed E-state index contributed by atoms with van der Waals surface area (Å²) in [5, 5.41) is 10.2. The van der Waals surface area contributed by atoms with E-state index in [-0.39, 0.29) is 18.0 Å². The Morgan fingerprint density at radius 1 is 1.36 bits per heavy atom. The van der Waals surface area contributed by atoms with E-state index in [9.17, 15) is 9.90 Å². The lowest BCUT2D eigenvalue weighted by Gasteiger charge is -2.40. The number of fused-ring (bicyclic) bond motifs is 1. The highest BCUT2D eigenvalue weighted by atomic mass is 16.6. The number of carbonyl (C=O) groups is 1. The van der Waals surface area contributed by atoms with Gasteiger partial charge >= 0.3 is 0 Å². The Labute approximate surface area is 150 Å². The molecule has 0 aromatic rings. The molecule has 3 aliphatic rings. The Balaban J connectivity index is 1.68. The maximum atomic E-state index is 12.2. The third kappa shape index (κ3) is 3.90. The van der Waals surface area contributed by atoms with Gasteiger partial charge in [-0.15, -0.1) is 0 Å². The lowest BCUT2D eigenvalue weighted by molar-refractivity contribution is -0.124. The minimum absolute atomic E-state index is 0.00954. The molecule has 0 unspecified atom stereocenters. The first-order valence-electron chi connectivity index (χ1n) is 9.38. The van der Waals surface area contributed by atoms with Crippen molar-refractivity contribution in [1.29, 1.82) is 0 Å². The molecule has 0 aromatic carbocycles. The predicted octanol–water partition coefficient (Wildman–Crippen LogP) is 3.99. The van der Waals surface area contributed by atoms with Crippen LogP contribution < -0.4 is 0 Å². The molecule has 1 N–H and O–H groups in total. The van der Waals surface area contributed by atoms with E-state index in [4.69, 9.17) is 9.47 Å². The van der Waals surface area contributed by atoms with Crippen molar-refractivity contribution >= 4 is 5.78 Å². The minimum atomic E-state index is -0.647. The number of hydrogen-bond acceptors (Lipinski definition) is 4. The summed E-state index contributed by atoms with van der Waals surface area (Å²) in [6.07, 6.45) is 7.95. The molecule has 2 heterocycles. The SMILES string of the molecule is CC(C)=CCC/C(C)=C/[C@H]1C[C@@]2(C)OC3=C(C[C@H]2O1)C(=O)CC[C@@H]3O. The lowest BCUT2D eigenvalue weighted by Crippen LogP contribution is -2.45. The van der Waals surface area contributed by atoms with Gasteiger partial charge in [-0.2, -0.15) is 0 Å². The van der Waals surface area contributed by atoms with Crippen LogP contribution in [0.25, 0.3) is 0 Å². The van der Waals surface area contributed by atoms with Gasteiger partial charge in [-0.25, -0.2) is 0 Å². The van der Waals surface area contributed by atoms with Crippen molar-refractivity contribution in [3.05, 3.63) is 34.6 Å². The van der Waals surface area contributed by atoms with Gasteiger partial charge in [0.15, 0.2) is 5.78 Å². The summed E-state index contributed by atoms with van der Waals surface area (Å²) in [5.41, 5.74) is 2.85. The van der Waals surface area contributed by atoms with Crippen LogP contribution >= 0.6 is 0 Å². The van der Waals surface area contributed by atoms with Crippen molar-refractivity contribution in [2.24, 2.45) is 0 Å².